The number of nitrogens with zero attached hydrogens (tertiary/aromatic N) is 4. The number of carbonyl (C=O) groups is 1. The van der Waals surface area contributed by atoms with Crippen molar-refractivity contribution in [2.75, 3.05) is 6.54 Å². The van der Waals surface area contributed by atoms with Crippen LogP contribution in [0, 0.1) is 5.92 Å². The number of allylic oxidation sites excluding steroid dienone is 1. The highest BCUT2D eigenvalue weighted by atomic mass is 32.2. The maximum Gasteiger partial charge on any atom is 0.251 e. The van der Waals surface area contributed by atoms with Crippen LogP contribution in [0.2, 0.25) is 0 Å². The SMILES string of the molecule is C=CCn1c(SCc2ccccc2C(=O)NCC(C)C)nnc1-c1cccnc1. The van der Waals surface area contributed by atoms with Crippen LogP contribution >= 0.6 is 11.8 Å². The molecular formula is C22H25N5OS. The topological polar surface area (TPSA) is 72.7 Å². The Hall–Kier alpha value is -2.93. The first kappa shape index (κ1) is 20.8. The summed E-state index contributed by atoms with van der Waals surface area (Å²) in [6.45, 7) is 9.25. The molecule has 0 saturated heterocycles. The zero-order valence-electron chi connectivity index (χ0n) is 16.7. The Kier molecular flexibility index (Phi) is 7.19. The molecule has 0 unspecified atom stereocenters. The Bertz CT molecular complexity index is 968. The molecule has 0 fully saturated rings. The number of rotatable bonds is 9. The van der Waals surface area contributed by atoms with Gasteiger partial charge in [-0.2, -0.15) is 0 Å². The summed E-state index contributed by atoms with van der Waals surface area (Å²) >= 11 is 1.55. The smallest absolute Gasteiger partial charge is 0.251 e. The maximum absolute atomic E-state index is 12.6. The quantitative estimate of drug-likeness (QED) is 0.425. The van der Waals surface area contributed by atoms with Gasteiger partial charge in [0.2, 0.25) is 0 Å². The minimum absolute atomic E-state index is 0.0430. The molecule has 29 heavy (non-hydrogen) atoms. The lowest BCUT2D eigenvalue weighted by Crippen LogP contribution is -2.28. The largest absolute Gasteiger partial charge is 0.352 e. The Morgan fingerprint density at radius 1 is 1.24 bits per heavy atom. The van der Waals surface area contributed by atoms with Crippen molar-refractivity contribution in [2.24, 2.45) is 5.92 Å². The van der Waals surface area contributed by atoms with Crippen molar-refractivity contribution in [3.05, 3.63) is 72.6 Å². The Morgan fingerprint density at radius 3 is 2.79 bits per heavy atom. The van der Waals surface area contributed by atoms with E-state index in [2.05, 4.69) is 40.9 Å². The first-order valence-electron chi connectivity index (χ1n) is 9.53. The number of carbonyl (C=O) groups excluding carboxylic acids is 1. The zero-order valence-corrected chi connectivity index (χ0v) is 17.5. The Morgan fingerprint density at radius 2 is 2.07 bits per heavy atom. The van der Waals surface area contributed by atoms with Gasteiger partial charge in [0, 0.05) is 42.4 Å². The van der Waals surface area contributed by atoms with E-state index in [1.807, 2.05) is 47.0 Å². The third kappa shape index (κ3) is 5.32. The molecule has 1 amide bonds. The molecule has 0 atom stereocenters. The molecule has 7 heteroatoms. The number of nitrogens with one attached hydrogen (secondary N) is 1. The molecule has 1 N–H and O–H groups in total. The fourth-order valence-corrected chi connectivity index (χ4v) is 3.75. The fraction of sp³-hybridized carbons (Fsp3) is 0.273. The molecule has 6 nitrogen and oxygen atoms in total. The predicted molar refractivity (Wildman–Crippen MR) is 117 cm³/mol. The first-order valence-corrected chi connectivity index (χ1v) is 10.5. The molecule has 2 heterocycles. The van der Waals surface area contributed by atoms with E-state index in [4.69, 9.17) is 0 Å². The van der Waals surface area contributed by atoms with Crippen molar-refractivity contribution in [1.82, 2.24) is 25.1 Å². The van der Waals surface area contributed by atoms with Crippen molar-refractivity contribution in [1.29, 1.82) is 0 Å². The lowest BCUT2D eigenvalue weighted by Gasteiger charge is -2.12. The number of hydrogen-bond acceptors (Lipinski definition) is 5. The molecule has 3 rings (SSSR count). The second kappa shape index (κ2) is 10.0. The van der Waals surface area contributed by atoms with E-state index in [0.717, 1.165) is 22.1 Å². The second-order valence-corrected chi connectivity index (χ2v) is 7.94. The Balaban J connectivity index is 1.79. The van der Waals surface area contributed by atoms with Crippen molar-refractivity contribution in [2.45, 2.75) is 31.3 Å². The molecule has 3 aromatic rings. The van der Waals surface area contributed by atoms with Crippen LogP contribution < -0.4 is 5.32 Å². The van der Waals surface area contributed by atoms with E-state index in [9.17, 15) is 4.79 Å². The van der Waals surface area contributed by atoms with Crippen LogP contribution in [0.1, 0.15) is 29.8 Å². The number of amides is 1. The van der Waals surface area contributed by atoms with E-state index in [-0.39, 0.29) is 5.91 Å². The molecule has 0 aliphatic rings. The summed E-state index contributed by atoms with van der Waals surface area (Å²) in [4.78, 5) is 16.7. The number of hydrogen-bond donors (Lipinski definition) is 1. The van der Waals surface area contributed by atoms with E-state index in [0.29, 0.717) is 30.3 Å². The summed E-state index contributed by atoms with van der Waals surface area (Å²) in [7, 11) is 0. The molecule has 2 aromatic heterocycles. The molecule has 0 aliphatic carbocycles. The van der Waals surface area contributed by atoms with Crippen LogP contribution in [0.15, 0.2) is 66.6 Å². The Labute approximate surface area is 175 Å². The zero-order chi connectivity index (χ0) is 20.6. The summed E-state index contributed by atoms with van der Waals surface area (Å²) in [5.74, 6) is 1.74. The van der Waals surface area contributed by atoms with Gasteiger partial charge in [-0.05, 0) is 29.7 Å². The van der Waals surface area contributed by atoms with Gasteiger partial charge < -0.3 is 5.32 Å². The van der Waals surface area contributed by atoms with Crippen LogP contribution in [0.3, 0.4) is 0 Å². The van der Waals surface area contributed by atoms with Gasteiger partial charge in [-0.1, -0.05) is 49.9 Å². The number of benzene rings is 1. The third-order valence-corrected chi connectivity index (χ3v) is 5.25. The van der Waals surface area contributed by atoms with Crippen LogP contribution in [0.25, 0.3) is 11.4 Å². The number of aromatic nitrogens is 4. The highest BCUT2D eigenvalue weighted by Crippen LogP contribution is 2.27. The molecule has 0 spiro atoms. The molecular weight excluding hydrogens is 382 g/mol. The summed E-state index contributed by atoms with van der Waals surface area (Å²) in [5.41, 5.74) is 2.57. The molecule has 1 aromatic carbocycles. The highest BCUT2D eigenvalue weighted by Gasteiger charge is 2.16. The minimum Gasteiger partial charge on any atom is -0.352 e. The summed E-state index contributed by atoms with van der Waals surface area (Å²) in [6.07, 6.45) is 5.32. The summed E-state index contributed by atoms with van der Waals surface area (Å²) in [5, 5.41) is 12.5. The predicted octanol–water partition coefficient (Wildman–Crippen LogP) is 4.20. The lowest BCUT2D eigenvalue weighted by molar-refractivity contribution is 0.0948. The normalized spacial score (nSPS) is 10.9. The van der Waals surface area contributed by atoms with Crippen molar-refractivity contribution >= 4 is 17.7 Å². The molecule has 0 saturated carbocycles. The van der Waals surface area contributed by atoms with Crippen LogP contribution in [-0.2, 0) is 12.3 Å². The second-order valence-electron chi connectivity index (χ2n) is 7.00. The van der Waals surface area contributed by atoms with Gasteiger partial charge in [0.15, 0.2) is 11.0 Å². The van der Waals surface area contributed by atoms with Gasteiger partial charge in [0.1, 0.15) is 0 Å². The van der Waals surface area contributed by atoms with Crippen LogP contribution in [0.5, 0.6) is 0 Å². The fourth-order valence-electron chi connectivity index (χ4n) is 2.80. The standard InChI is InChI=1S/C22H25N5OS/c1-4-12-27-20(17-9-7-11-23-14-17)25-26-22(27)29-15-18-8-5-6-10-19(18)21(28)24-13-16(2)3/h4-11,14,16H,1,12-13,15H2,2-3H3,(H,24,28). The first-order chi connectivity index (χ1) is 14.1. The van der Waals surface area contributed by atoms with E-state index in [1.165, 1.54) is 0 Å². The number of thioether (sulfide) groups is 1. The van der Waals surface area contributed by atoms with Crippen molar-refractivity contribution in [3.8, 4) is 11.4 Å². The van der Waals surface area contributed by atoms with Crippen LogP contribution in [-0.4, -0.2) is 32.2 Å². The lowest BCUT2D eigenvalue weighted by atomic mass is 10.1. The summed E-state index contributed by atoms with van der Waals surface area (Å²) < 4.78 is 2.01. The van der Waals surface area contributed by atoms with E-state index in [1.54, 1.807) is 24.2 Å². The van der Waals surface area contributed by atoms with Gasteiger partial charge in [0.25, 0.3) is 5.91 Å². The maximum atomic E-state index is 12.6. The van der Waals surface area contributed by atoms with Crippen molar-refractivity contribution < 1.29 is 4.79 Å². The molecule has 0 aliphatic heterocycles. The molecule has 0 radical (unpaired) electrons. The highest BCUT2D eigenvalue weighted by molar-refractivity contribution is 7.98. The van der Waals surface area contributed by atoms with Gasteiger partial charge in [-0.3, -0.25) is 14.3 Å². The average Bonchev–Trinajstić information content (AvgIpc) is 3.14. The van der Waals surface area contributed by atoms with Gasteiger partial charge in [0.05, 0.1) is 0 Å². The van der Waals surface area contributed by atoms with Gasteiger partial charge in [-0.25, -0.2) is 0 Å². The van der Waals surface area contributed by atoms with Gasteiger partial charge in [-0.15, -0.1) is 16.8 Å². The molecule has 0 bridgehead atoms. The van der Waals surface area contributed by atoms with E-state index >= 15 is 0 Å². The summed E-state index contributed by atoms with van der Waals surface area (Å²) in [6, 6.07) is 11.5. The number of pyridine rings is 1. The minimum atomic E-state index is -0.0430. The monoisotopic (exact) mass is 407 g/mol. The van der Waals surface area contributed by atoms with E-state index < -0.39 is 0 Å². The molecule has 150 valence electrons. The third-order valence-electron chi connectivity index (χ3n) is 4.24. The van der Waals surface area contributed by atoms with Crippen molar-refractivity contribution in [3.63, 3.8) is 0 Å². The van der Waals surface area contributed by atoms with Crippen LogP contribution in [0.4, 0.5) is 0 Å². The van der Waals surface area contributed by atoms with Gasteiger partial charge >= 0.3 is 0 Å². The average molecular weight is 408 g/mol.